The molecule has 4 N–H and O–H groups in total. The Bertz CT molecular complexity index is 330. The fourth-order valence-corrected chi connectivity index (χ4v) is 1.89. The first kappa shape index (κ1) is 12.0. The second-order valence-corrected chi connectivity index (χ2v) is 3.95. The molecule has 78 valence electrons. The van der Waals surface area contributed by atoms with Crippen molar-refractivity contribution in [3.8, 4) is 0 Å². The Morgan fingerprint density at radius 2 is 2.00 bits per heavy atom. The van der Waals surface area contributed by atoms with Crippen molar-refractivity contribution in [1.29, 1.82) is 0 Å². The van der Waals surface area contributed by atoms with E-state index in [0.717, 1.165) is 0 Å². The van der Waals surface area contributed by atoms with Gasteiger partial charge in [-0.2, -0.15) is 0 Å². The van der Waals surface area contributed by atoms with E-state index in [-0.39, 0.29) is 11.2 Å². The molecule has 0 aromatic carbocycles. The minimum atomic E-state index is -0.305. The highest BCUT2D eigenvalue weighted by atomic mass is 35.5. The minimum Gasteiger partial charge on any atom is -0.330 e. The number of hydrogen-bond acceptors (Lipinski definition) is 3. The average molecular weight is 255 g/mol. The monoisotopic (exact) mass is 253 g/mol. The van der Waals surface area contributed by atoms with Crippen LogP contribution in [0.1, 0.15) is 18.0 Å². The third kappa shape index (κ3) is 2.49. The summed E-state index contributed by atoms with van der Waals surface area (Å²) in [5.41, 5.74) is 11.8. The predicted octanol–water partition coefficient (Wildman–Crippen LogP) is 2.39. The van der Waals surface area contributed by atoms with E-state index in [9.17, 15) is 0 Å². The van der Waals surface area contributed by atoms with Gasteiger partial charge in [0, 0.05) is 17.8 Å². The molecule has 0 fully saturated rings. The molecule has 0 saturated carbocycles. The number of hydrogen-bond donors (Lipinski definition) is 2. The van der Waals surface area contributed by atoms with Crippen molar-refractivity contribution in [1.82, 2.24) is 4.98 Å². The summed E-state index contributed by atoms with van der Waals surface area (Å²) in [6, 6.07) is -0.305. The van der Waals surface area contributed by atoms with Crippen molar-refractivity contribution < 1.29 is 0 Å². The smallest absolute Gasteiger partial charge is 0.148 e. The molecule has 0 amide bonds. The first-order valence-corrected chi connectivity index (χ1v) is 5.16. The van der Waals surface area contributed by atoms with Gasteiger partial charge in [0.15, 0.2) is 0 Å². The maximum absolute atomic E-state index is 5.93. The maximum Gasteiger partial charge on any atom is 0.148 e. The quantitative estimate of drug-likeness (QED) is 0.814. The van der Waals surface area contributed by atoms with Gasteiger partial charge in [-0.3, -0.25) is 0 Å². The molecule has 1 atom stereocenters. The summed E-state index contributed by atoms with van der Waals surface area (Å²) in [6.45, 7) is 0.466. The van der Waals surface area contributed by atoms with E-state index in [4.69, 9.17) is 46.3 Å². The number of nitrogens with two attached hydrogens (primary N) is 2. The molecule has 1 aromatic heterocycles. The van der Waals surface area contributed by atoms with E-state index in [1.54, 1.807) is 0 Å². The van der Waals surface area contributed by atoms with Crippen LogP contribution in [-0.2, 0) is 0 Å². The zero-order chi connectivity index (χ0) is 10.7. The van der Waals surface area contributed by atoms with Crippen molar-refractivity contribution in [3.05, 3.63) is 27.0 Å². The van der Waals surface area contributed by atoms with Gasteiger partial charge in [-0.25, -0.2) is 4.98 Å². The van der Waals surface area contributed by atoms with Crippen LogP contribution >= 0.6 is 34.8 Å². The highest BCUT2D eigenvalue weighted by Crippen LogP contribution is 2.33. The molecule has 0 saturated heterocycles. The van der Waals surface area contributed by atoms with E-state index in [0.29, 0.717) is 28.6 Å². The molecule has 0 aliphatic carbocycles. The molecule has 14 heavy (non-hydrogen) atoms. The van der Waals surface area contributed by atoms with Crippen molar-refractivity contribution in [2.75, 3.05) is 6.54 Å². The first-order chi connectivity index (χ1) is 6.57. The van der Waals surface area contributed by atoms with E-state index in [1.165, 1.54) is 6.20 Å². The fraction of sp³-hybridized carbons (Fsp3) is 0.375. The number of rotatable bonds is 3. The number of aromatic nitrogens is 1. The lowest BCUT2D eigenvalue weighted by Gasteiger charge is -2.14. The third-order valence-corrected chi connectivity index (χ3v) is 2.88. The molecule has 1 aromatic rings. The molecule has 1 heterocycles. The van der Waals surface area contributed by atoms with Crippen LogP contribution in [0.5, 0.6) is 0 Å². The van der Waals surface area contributed by atoms with Gasteiger partial charge in [0.05, 0.1) is 10.0 Å². The first-order valence-electron chi connectivity index (χ1n) is 4.03. The maximum atomic E-state index is 5.93. The van der Waals surface area contributed by atoms with Gasteiger partial charge in [-0.05, 0) is 13.0 Å². The largest absolute Gasteiger partial charge is 0.330 e. The number of pyridine rings is 1. The molecular weight excluding hydrogens is 244 g/mol. The topological polar surface area (TPSA) is 64.9 Å². The zero-order valence-corrected chi connectivity index (χ0v) is 9.57. The molecule has 0 bridgehead atoms. The highest BCUT2D eigenvalue weighted by Gasteiger charge is 2.16. The van der Waals surface area contributed by atoms with Crippen LogP contribution in [0.3, 0.4) is 0 Å². The zero-order valence-electron chi connectivity index (χ0n) is 7.30. The van der Waals surface area contributed by atoms with Crippen LogP contribution in [0, 0.1) is 0 Å². The van der Waals surface area contributed by atoms with E-state index in [1.807, 2.05) is 0 Å². The van der Waals surface area contributed by atoms with Crippen LogP contribution in [0.15, 0.2) is 6.20 Å². The van der Waals surface area contributed by atoms with Crippen molar-refractivity contribution in [2.24, 2.45) is 11.5 Å². The van der Waals surface area contributed by atoms with Gasteiger partial charge >= 0.3 is 0 Å². The normalized spacial score (nSPS) is 12.9. The molecule has 0 aliphatic rings. The lowest BCUT2D eigenvalue weighted by molar-refractivity contribution is 0.661. The Morgan fingerprint density at radius 3 is 2.57 bits per heavy atom. The molecule has 3 nitrogen and oxygen atoms in total. The Labute approximate surface area is 97.3 Å². The van der Waals surface area contributed by atoms with Gasteiger partial charge in [0.25, 0.3) is 0 Å². The van der Waals surface area contributed by atoms with Crippen LogP contribution in [-0.4, -0.2) is 11.5 Å². The Morgan fingerprint density at radius 1 is 1.36 bits per heavy atom. The lowest BCUT2D eigenvalue weighted by atomic mass is 10.1. The van der Waals surface area contributed by atoms with Gasteiger partial charge in [-0.15, -0.1) is 0 Å². The van der Waals surface area contributed by atoms with Gasteiger partial charge < -0.3 is 11.5 Å². The molecule has 0 aliphatic heterocycles. The molecule has 6 heteroatoms. The van der Waals surface area contributed by atoms with Crippen molar-refractivity contribution >= 4 is 34.8 Å². The summed E-state index contributed by atoms with van der Waals surface area (Å²) in [7, 11) is 0. The predicted molar refractivity (Wildman–Crippen MR) is 59.9 cm³/mol. The summed E-state index contributed by atoms with van der Waals surface area (Å²) in [6.07, 6.45) is 2.03. The standard InChI is InChI=1S/C8H10Cl3N3/c9-4-3-14-8(11)7(10)6(4)5(13)1-2-12/h3,5H,1-2,12-13H2/t5-/m0/s1. The summed E-state index contributed by atoms with van der Waals surface area (Å²) in [5.74, 6) is 0. The summed E-state index contributed by atoms with van der Waals surface area (Å²) in [5, 5.41) is 0.930. The van der Waals surface area contributed by atoms with Gasteiger partial charge in [-0.1, -0.05) is 34.8 Å². The Kier molecular flexibility index (Phi) is 4.41. The van der Waals surface area contributed by atoms with Crippen LogP contribution in [0.2, 0.25) is 15.2 Å². The summed E-state index contributed by atoms with van der Waals surface area (Å²) < 4.78 is 0. The second kappa shape index (κ2) is 5.14. The summed E-state index contributed by atoms with van der Waals surface area (Å²) >= 11 is 17.6. The SMILES string of the molecule is NCC[C@H](N)c1c(Cl)cnc(Cl)c1Cl. The van der Waals surface area contributed by atoms with E-state index in [2.05, 4.69) is 4.98 Å². The van der Waals surface area contributed by atoms with Crippen LogP contribution < -0.4 is 11.5 Å². The van der Waals surface area contributed by atoms with Crippen molar-refractivity contribution in [3.63, 3.8) is 0 Å². The van der Waals surface area contributed by atoms with Crippen LogP contribution in [0.25, 0.3) is 0 Å². The van der Waals surface area contributed by atoms with Crippen molar-refractivity contribution in [2.45, 2.75) is 12.5 Å². The molecule has 0 unspecified atom stereocenters. The summed E-state index contributed by atoms with van der Waals surface area (Å²) in [4.78, 5) is 3.80. The molecule has 0 spiro atoms. The van der Waals surface area contributed by atoms with Crippen LogP contribution in [0.4, 0.5) is 0 Å². The lowest BCUT2D eigenvalue weighted by Crippen LogP contribution is -2.16. The minimum absolute atomic E-state index is 0.207. The molecule has 1 rings (SSSR count). The average Bonchev–Trinajstić information content (AvgIpc) is 2.13. The number of halogens is 3. The third-order valence-electron chi connectivity index (χ3n) is 1.81. The Hall–Kier alpha value is -0.0600. The van der Waals surface area contributed by atoms with Gasteiger partial charge in [0.2, 0.25) is 0 Å². The second-order valence-electron chi connectivity index (χ2n) is 2.81. The van der Waals surface area contributed by atoms with E-state index >= 15 is 0 Å². The Balaban J connectivity index is 3.11. The van der Waals surface area contributed by atoms with Gasteiger partial charge in [0.1, 0.15) is 5.15 Å². The molecule has 0 radical (unpaired) electrons. The molecular formula is C8H10Cl3N3. The number of nitrogens with zero attached hydrogens (tertiary/aromatic N) is 1. The highest BCUT2D eigenvalue weighted by molar-refractivity contribution is 6.43. The fourth-order valence-electron chi connectivity index (χ4n) is 1.12. The van der Waals surface area contributed by atoms with E-state index < -0.39 is 0 Å².